The van der Waals surface area contributed by atoms with E-state index in [0.29, 0.717) is 5.69 Å². The van der Waals surface area contributed by atoms with Gasteiger partial charge in [-0.25, -0.2) is 4.79 Å². The molecule has 5 nitrogen and oxygen atoms in total. The molecule has 0 saturated heterocycles. The SMILES string of the molecule is CCn1ccc2cc(NC(=O)Nc3cccc4cccnc34)ccc21. The molecule has 0 spiro atoms. The van der Waals surface area contributed by atoms with E-state index in [9.17, 15) is 4.79 Å². The van der Waals surface area contributed by atoms with Gasteiger partial charge in [-0.05, 0) is 43.3 Å². The summed E-state index contributed by atoms with van der Waals surface area (Å²) in [6, 6.07) is 17.2. The molecule has 2 aromatic carbocycles. The zero-order valence-electron chi connectivity index (χ0n) is 13.9. The van der Waals surface area contributed by atoms with Gasteiger partial charge in [-0.3, -0.25) is 4.98 Å². The van der Waals surface area contributed by atoms with Gasteiger partial charge in [0.25, 0.3) is 0 Å². The Morgan fingerprint density at radius 3 is 2.80 bits per heavy atom. The van der Waals surface area contributed by atoms with Crippen LogP contribution in [0.2, 0.25) is 0 Å². The van der Waals surface area contributed by atoms with Crippen LogP contribution < -0.4 is 10.6 Å². The van der Waals surface area contributed by atoms with Crippen molar-refractivity contribution in [2.45, 2.75) is 13.5 Å². The molecule has 0 aliphatic heterocycles. The zero-order valence-corrected chi connectivity index (χ0v) is 13.9. The largest absolute Gasteiger partial charge is 0.348 e. The molecule has 0 saturated carbocycles. The van der Waals surface area contributed by atoms with E-state index in [1.54, 1.807) is 6.20 Å². The molecular formula is C20H18N4O. The summed E-state index contributed by atoms with van der Waals surface area (Å²) in [6.45, 7) is 3.03. The summed E-state index contributed by atoms with van der Waals surface area (Å²) in [7, 11) is 0. The number of aryl methyl sites for hydroxylation is 1. The van der Waals surface area contributed by atoms with E-state index < -0.39 is 0 Å². The average molecular weight is 330 g/mol. The number of urea groups is 1. The highest BCUT2D eigenvalue weighted by Gasteiger charge is 2.08. The lowest BCUT2D eigenvalue weighted by atomic mass is 10.2. The Morgan fingerprint density at radius 2 is 1.92 bits per heavy atom. The van der Waals surface area contributed by atoms with Crippen molar-refractivity contribution < 1.29 is 4.79 Å². The first kappa shape index (κ1) is 15.2. The fourth-order valence-electron chi connectivity index (χ4n) is 3.04. The van der Waals surface area contributed by atoms with Crippen LogP contribution >= 0.6 is 0 Å². The van der Waals surface area contributed by atoms with Crippen molar-refractivity contribution in [2.75, 3.05) is 10.6 Å². The van der Waals surface area contributed by atoms with Crippen LogP contribution in [0, 0.1) is 0 Å². The smallest absolute Gasteiger partial charge is 0.323 e. The Hall–Kier alpha value is -3.34. The van der Waals surface area contributed by atoms with Gasteiger partial charge in [0.05, 0.1) is 11.2 Å². The molecule has 2 amide bonds. The third-order valence-electron chi connectivity index (χ3n) is 4.25. The van der Waals surface area contributed by atoms with E-state index in [1.165, 1.54) is 0 Å². The van der Waals surface area contributed by atoms with Gasteiger partial charge in [0.1, 0.15) is 0 Å². The Labute approximate surface area is 145 Å². The van der Waals surface area contributed by atoms with Gasteiger partial charge in [0.15, 0.2) is 0 Å². The number of rotatable bonds is 3. The van der Waals surface area contributed by atoms with Gasteiger partial charge in [0.2, 0.25) is 0 Å². The number of amides is 2. The Bertz CT molecular complexity index is 1060. The molecule has 0 bridgehead atoms. The minimum atomic E-state index is -0.285. The number of fused-ring (bicyclic) bond motifs is 2. The van der Waals surface area contributed by atoms with Crippen molar-refractivity contribution in [1.82, 2.24) is 9.55 Å². The Kier molecular flexibility index (Phi) is 3.82. The number of para-hydroxylation sites is 1. The second-order valence-electron chi connectivity index (χ2n) is 5.84. The van der Waals surface area contributed by atoms with Crippen LogP contribution in [0.25, 0.3) is 21.8 Å². The molecule has 4 aromatic rings. The Morgan fingerprint density at radius 1 is 1.04 bits per heavy atom. The standard InChI is InChI=1S/C20H18N4O/c1-2-24-12-10-15-13-16(8-9-18(15)24)22-20(25)23-17-7-3-5-14-6-4-11-21-19(14)17/h3-13H,2H2,1H3,(H2,22,23,25). The van der Waals surface area contributed by atoms with Crippen molar-refractivity contribution in [3.05, 3.63) is 67.0 Å². The minimum absolute atomic E-state index is 0.285. The molecule has 0 fully saturated rings. The third kappa shape index (κ3) is 2.92. The van der Waals surface area contributed by atoms with E-state index in [2.05, 4.69) is 39.4 Å². The molecule has 0 aliphatic rings. The molecule has 0 radical (unpaired) electrons. The first-order chi connectivity index (χ1) is 12.2. The molecule has 2 heterocycles. The maximum absolute atomic E-state index is 12.4. The molecule has 0 unspecified atom stereocenters. The number of nitrogens with zero attached hydrogens (tertiary/aromatic N) is 2. The van der Waals surface area contributed by atoms with Gasteiger partial charge < -0.3 is 15.2 Å². The topological polar surface area (TPSA) is 59.0 Å². The van der Waals surface area contributed by atoms with Gasteiger partial charge in [-0.1, -0.05) is 18.2 Å². The monoisotopic (exact) mass is 330 g/mol. The molecular weight excluding hydrogens is 312 g/mol. The maximum atomic E-state index is 12.4. The van der Waals surface area contributed by atoms with Gasteiger partial charge in [0, 0.05) is 40.9 Å². The Balaban J connectivity index is 1.55. The number of aromatic nitrogens is 2. The number of carbonyl (C=O) groups excluding carboxylic acids is 1. The van der Waals surface area contributed by atoms with Crippen molar-refractivity contribution >= 4 is 39.2 Å². The minimum Gasteiger partial charge on any atom is -0.348 e. The maximum Gasteiger partial charge on any atom is 0.323 e. The fraction of sp³-hybridized carbons (Fsp3) is 0.100. The van der Waals surface area contributed by atoms with Crippen LogP contribution in [0.1, 0.15) is 6.92 Å². The number of hydrogen-bond acceptors (Lipinski definition) is 2. The van der Waals surface area contributed by atoms with Crippen LogP contribution in [0.4, 0.5) is 16.2 Å². The van der Waals surface area contributed by atoms with E-state index in [0.717, 1.165) is 34.0 Å². The van der Waals surface area contributed by atoms with Crippen LogP contribution in [0.15, 0.2) is 67.0 Å². The summed E-state index contributed by atoms with van der Waals surface area (Å²) in [6.07, 6.45) is 3.77. The number of nitrogens with one attached hydrogen (secondary N) is 2. The quantitative estimate of drug-likeness (QED) is 0.564. The van der Waals surface area contributed by atoms with Gasteiger partial charge >= 0.3 is 6.03 Å². The van der Waals surface area contributed by atoms with Gasteiger partial charge in [-0.2, -0.15) is 0 Å². The zero-order chi connectivity index (χ0) is 17.2. The lowest BCUT2D eigenvalue weighted by Crippen LogP contribution is -2.19. The van der Waals surface area contributed by atoms with E-state index in [-0.39, 0.29) is 6.03 Å². The summed E-state index contributed by atoms with van der Waals surface area (Å²) in [5, 5.41) is 7.86. The molecule has 2 N–H and O–H groups in total. The van der Waals surface area contributed by atoms with Crippen LogP contribution in [0.5, 0.6) is 0 Å². The summed E-state index contributed by atoms with van der Waals surface area (Å²) in [5.74, 6) is 0. The molecule has 4 rings (SSSR count). The predicted molar refractivity (Wildman–Crippen MR) is 102 cm³/mol. The average Bonchev–Trinajstić information content (AvgIpc) is 3.04. The van der Waals surface area contributed by atoms with Crippen LogP contribution in [-0.4, -0.2) is 15.6 Å². The second kappa shape index (κ2) is 6.28. The summed E-state index contributed by atoms with van der Waals surface area (Å²) >= 11 is 0. The van der Waals surface area contributed by atoms with Crippen molar-refractivity contribution in [3.8, 4) is 0 Å². The predicted octanol–water partition coefficient (Wildman–Crippen LogP) is 4.85. The lowest BCUT2D eigenvalue weighted by Gasteiger charge is -2.10. The normalized spacial score (nSPS) is 10.9. The number of carbonyl (C=O) groups is 1. The van der Waals surface area contributed by atoms with E-state index >= 15 is 0 Å². The van der Waals surface area contributed by atoms with Crippen molar-refractivity contribution in [3.63, 3.8) is 0 Å². The highest BCUT2D eigenvalue weighted by atomic mass is 16.2. The summed E-state index contributed by atoms with van der Waals surface area (Å²) in [5.41, 5.74) is 3.38. The first-order valence-corrected chi connectivity index (χ1v) is 8.25. The highest BCUT2D eigenvalue weighted by Crippen LogP contribution is 2.23. The molecule has 124 valence electrons. The van der Waals surface area contributed by atoms with E-state index in [4.69, 9.17) is 0 Å². The first-order valence-electron chi connectivity index (χ1n) is 8.25. The van der Waals surface area contributed by atoms with Gasteiger partial charge in [-0.15, -0.1) is 0 Å². The summed E-state index contributed by atoms with van der Waals surface area (Å²) < 4.78 is 2.17. The number of hydrogen-bond donors (Lipinski definition) is 2. The third-order valence-corrected chi connectivity index (χ3v) is 4.25. The van der Waals surface area contributed by atoms with Crippen LogP contribution in [0.3, 0.4) is 0 Å². The molecule has 5 heteroatoms. The molecule has 0 aliphatic carbocycles. The fourth-order valence-corrected chi connectivity index (χ4v) is 3.04. The second-order valence-corrected chi connectivity index (χ2v) is 5.84. The van der Waals surface area contributed by atoms with Crippen molar-refractivity contribution in [2.24, 2.45) is 0 Å². The lowest BCUT2D eigenvalue weighted by molar-refractivity contribution is 0.262. The number of benzene rings is 2. The number of pyridine rings is 1. The van der Waals surface area contributed by atoms with Crippen molar-refractivity contribution in [1.29, 1.82) is 0 Å². The molecule has 0 atom stereocenters. The molecule has 2 aromatic heterocycles. The number of anilines is 2. The van der Waals surface area contributed by atoms with Crippen LogP contribution in [-0.2, 0) is 6.54 Å². The highest BCUT2D eigenvalue weighted by molar-refractivity contribution is 6.05. The summed E-state index contributed by atoms with van der Waals surface area (Å²) in [4.78, 5) is 16.7. The van der Waals surface area contributed by atoms with E-state index in [1.807, 2.05) is 48.5 Å². The molecule has 25 heavy (non-hydrogen) atoms.